The summed E-state index contributed by atoms with van der Waals surface area (Å²) in [7, 11) is 0. The summed E-state index contributed by atoms with van der Waals surface area (Å²) in [4.78, 5) is 33.0. The number of rotatable bonds is 4. The van der Waals surface area contributed by atoms with Crippen LogP contribution in [-0.2, 0) is 0 Å². The van der Waals surface area contributed by atoms with E-state index in [4.69, 9.17) is 9.15 Å². The minimum absolute atomic E-state index is 0.161. The maximum atomic E-state index is 12.3. The summed E-state index contributed by atoms with van der Waals surface area (Å²) in [6.07, 6.45) is 0. The molecule has 3 aromatic carbocycles. The first kappa shape index (κ1) is 18.1. The van der Waals surface area contributed by atoms with E-state index in [-0.39, 0.29) is 11.5 Å². The lowest BCUT2D eigenvalue weighted by Crippen LogP contribution is -2.01. The Balaban J connectivity index is 1.87. The van der Waals surface area contributed by atoms with Crippen molar-refractivity contribution >= 4 is 33.1 Å². The van der Waals surface area contributed by atoms with Crippen LogP contribution in [0.4, 0.5) is 11.4 Å². The average molecular weight is 392 g/mol. The predicted molar refractivity (Wildman–Crippen MR) is 105 cm³/mol. The molecule has 4 aromatic rings. The van der Waals surface area contributed by atoms with Crippen molar-refractivity contribution in [1.82, 2.24) is 0 Å². The lowest BCUT2D eigenvalue weighted by atomic mass is 10.0. The van der Waals surface area contributed by atoms with Gasteiger partial charge in [-0.05, 0) is 36.6 Å². The molecule has 0 saturated heterocycles. The molecule has 144 valence electrons. The van der Waals surface area contributed by atoms with Crippen molar-refractivity contribution in [2.24, 2.45) is 0 Å². The Morgan fingerprint density at radius 1 is 0.862 bits per heavy atom. The van der Waals surface area contributed by atoms with Gasteiger partial charge in [-0.3, -0.25) is 20.2 Å². The van der Waals surface area contributed by atoms with Gasteiger partial charge in [0.1, 0.15) is 11.3 Å². The van der Waals surface area contributed by atoms with Gasteiger partial charge in [0.15, 0.2) is 0 Å². The molecule has 0 spiro atoms. The summed E-state index contributed by atoms with van der Waals surface area (Å²) in [5.74, 6) is 0.0686. The standard InChI is InChI=1S/C20H12N2O7/c1-11-17(28-18-8-6-12(21(24)25)10-16(18)22(26)27)9-7-14-13-4-2-3-5-15(13)20(23)29-19(11)14/h2-10H,1H3. The van der Waals surface area contributed by atoms with Crippen molar-refractivity contribution in [3.05, 3.63) is 90.8 Å². The van der Waals surface area contributed by atoms with Crippen LogP contribution >= 0.6 is 0 Å². The van der Waals surface area contributed by atoms with Crippen molar-refractivity contribution in [3.8, 4) is 11.5 Å². The normalized spacial score (nSPS) is 10.9. The van der Waals surface area contributed by atoms with E-state index in [0.717, 1.165) is 23.6 Å². The molecule has 1 aromatic heterocycles. The Kier molecular flexibility index (Phi) is 4.19. The van der Waals surface area contributed by atoms with E-state index >= 15 is 0 Å². The van der Waals surface area contributed by atoms with Gasteiger partial charge in [0.05, 0.1) is 21.3 Å². The number of nitro groups is 2. The van der Waals surface area contributed by atoms with Gasteiger partial charge in [-0.1, -0.05) is 18.2 Å². The van der Waals surface area contributed by atoms with E-state index in [1.807, 2.05) is 0 Å². The summed E-state index contributed by atoms with van der Waals surface area (Å²) >= 11 is 0. The summed E-state index contributed by atoms with van der Waals surface area (Å²) in [6, 6.07) is 13.4. The monoisotopic (exact) mass is 392 g/mol. The Morgan fingerprint density at radius 2 is 1.55 bits per heavy atom. The van der Waals surface area contributed by atoms with Gasteiger partial charge in [-0.15, -0.1) is 0 Å². The third-order valence-electron chi connectivity index (χ3n) is 4.56. The maximum Gasteiger partial charge on any atom is 0.344 e. The highest BCUT2D eigenvalue weighted by molar-refractivity contribution is 6.05. The van der Waals surface area contributed by atoms with Crippen molar-refractivity contribution in [3.63, 3.8) is 0 Å². The Bertz CT molecular complexity index is 1370. The van der Waals surface area contributed by atoms with Gasteiger partial charge >= 0.3 is 11.3 Å². The van der Waals surface area contributed by atoms with Gasteiger partial charge in [-0.25, -0.2) is 4.79 Å². The fourth-order valence-electron chi connectivity index (χ4n) is 3.14. The van der Waals surface area contributed by atoms with Crippen LogP contribution in [0.3, 0.4) is 0 Å². The number of hydrogen-bond acceptors (Lipinski definition) is 7. The quantitative estimate of drug-likeness (QED) is 0.210. The van der Waals surface area contributed by atoms with Crippen LogP contribution in [0, 0.1) is 27.2 Å². The third kappa shape index (κ3) is 3.04. The molecule has 0 aliphatic carbocycles. The number of nitro benzene ring substituents is 2. The van der Waals surface area contributed by atoms with Crippen LogP contribution in [0.5, 0.6) is 11.5 Å². The SMILES string of the molecule is Cc1c(Oc2ccc([N+](=O)[O-])cc2[N+](=O)[O-])ccc2c1oc(=O)c1ccccc12. The molecule has 0 fully saturated rings. The molecule has 1 heterocycles. The molecular weight excluding hydrogens is 380 g/mol. The lowest BCUT2D eigenvalue weighted by molar-refractivity contribution is -0.394. The van der Waals surface area contributed by atoms with Gasteiger partial charge in [0.2, 0.25) is 5.75 Å². The Morgan fingerprint density at radius 3 is 2.24 bits per heavy atom. The van der Waals surface area contributed by atoms with E-state index in [1.165, 1.54) is 0 Å². The van der Waals surface area contributed by atoms with Gasteiger partial charge < -0.3 is 9.15 Å². The molecule has 0 aliphatic heterocycles. The molecule has 0 saturated carbocycles. The predicted octanol–water partition coefficient (Wildman–Crippen LogP) is 4.86. The first-order chi connectivity index (χ1) is 13.9. The van der Waals surface area contributed by atoms with E-state index in [1.54, 1.807) is 43.3 Å². The molecule has 0 atom stereocenters. The number of nitrogens with zero attached hydrogens (tertiary/aromatic N) is 2. The summed E-state index contributed by atoms with van der Waals surface area (Å²) in [6.45, 7) is 1.66. The van der Waals surface area contributed by atoms with Crippen molar-refractivity contribution in [2.75, 3.05) is 0 Å². The average Bonchev–Trinajstić information content (AvgIpc) is 2.70. The number of hydrogen-bond donors (Lipinski definition) is 0. The molecule has 0 N–H and O–H groups in total. The number of aryl methyl sites for hydroxylation is 1. The van der Waals surface area contributed by atoms with Crippen molar-refractivity contribution in [1.29, 1.82) is 0 Å². The zero-order chi connectivity index (χ0) is 20.7. The smallest absolute Gasteiger partial charge is 0.344 e. The van der Waals surface area contributed by atoms with E-state index in [0.29, 0.717) is 21.9 Å². The second-order valence-corrected chi connectivity index (χ2v) is 6.27. The fraction of sp³-hybridized carbons (Fsp3) is 0.0500. The van der Waals surface area contributed by atoms with Crippen LogP contribution in [-0.4, -0.2) is 9.85 Å². The fourth-order valence-corrected chi connectivity index (χ4v) is 3.14. The summed E-state index contributed by atoms with van der Waals surface area (Å²) in [5, 5.41) is 24.1. The van der Waals surface area contributed by atoms with Gasteiger partial charge in [-0.2, -0.15) is 0 Å². The van der Waals surface area contributed by atoms with Crippen LogP contribution in [0.25, 0.3) is 21.7 Å². The highest BCUT2D eigenvalue weighted by Gasteiger charge is 2.22. The van der Waals surface area contributed by atoms with E-state index in [2.05, 4.69) is 0 Å². The Labute approximate surface area is 162 Å². The number of benzene rings is 3. The minimum atomic E-state index is -0.758. The zero-order valence-electron chi connectivity index (χ0n) is 14.9. The van der Waals surface area contributed by atoms with Crippen LogP contribution in [0.1, 0.15) is 5.56 Å². The molecule has 0 radical (unpaired) electrons. The van der Waals surface area contributed by atoms with E-state index in [9.17, 15) is 25.0 Å². The zero-order valence-corrected chi connectivity index (χ0v) is 14.9. The molecule has 0 amide bonds. The number of ether oxygens (including phenoxy) is 1. The van der Waals surface area contributed by atoms with Crippen LogP contribution in [0.15, 0.2) is 63.8 Å². The molecule has 0 bridgehead atoms. The third-order valence-corrected chi connectivity index (χ3v) is 4.56. The van der Waals surface area contributed by atoms with Crippen molar-refractivity contribution in [2.45, 2.75) is 6.92 Å². The molecule has 0 aliphatic rings. The summed E-state index contributed by atoms with van der Waals surface area (Å²) in [5.41, 5.74) is -0.696. The molecule has 9 nitrogen and oxygen atoms in total. The molecule has 29 heavy (non-hydrogen) atoms. The Hall–Kier alpha value is -4.27. The highest BCUT2D eigenvalue weighted by Crippen LogP contribution is 2.38. The molecular formula is C20H12N2O7. The number of non-ortho nitro benzene ring substituents is 1. The second-order valence-electron chi connectivity index (χ2n) is 6.27. The van der Waals surface area contributed by atoms with Crippen molar-refractivity contribution < 1.29 is 19.0 Å². The maximum absolute atomic E-state index is 12.3. The van der Waals surface area contributed by atoms with E-state index < -0.39 is 26.8 Å². The minimum Gasteiger partial charge on any atom is -0.450 e. The molecule has 0 unspecified atom stereocenters. The van der Waals surface area contributed by atoms with Gasteiger partial charge in [0.25, 0.3) is 5.69 Å². The lowest BCUT2D eigenvalue weighted by Gasteiger charge is -2.11. The largest absolute Gasteiger partial charge is 0.450 e. The summed E-state index contributed by atoms with van der Waals surface area (Å²) < 4.78 is 11.1. The van der Waals surface area contributed by atoms with Gasteiger partial charge in [0, 0.05) is 17.0 Å². The second kappa shape index (κ2) is 6.71. The first-order valence-electron chi connectivity index (χ1n) is 8.42. The van der Waals surface area contributed by atoms with Crippen LogP contribution < -0.4 is 10.4 Å². The highest BCUT2D eigenvalue weighted by atomic mass is 16.6. The molecule has 4 rings (SSSR count). The van der Waals surface area contributed by atoms with Crippen LogP contribution in [0.2, 0.25) is 0 Å². The topological polar surface area (TPSA) is 126 Å². The first-order valence-corrected chi connectivity index (χ1v) is 8.42. The number of fused-ring (bicyclic) bond motifs is 3. The molecule has 9 heteroatoms.